The van der Waals surface area contributed by atoms with Crippen LogP contribution in [0.2, 0.25) is 0 Å². The molecule has 0 spiro atoms. The minimum absolute atomic E-state index is 0.264. The Hall–Kier alpha value is -3.54. The molecular weight excluding hydrogens is 332 g/mol. The fraction of sp³-hybridized carbons (Fsp3) is 0.100. The molecule has 26 heavy (non-hydrogen) atoms. The predicted octanol–water partition coefficient (Wildman–Crippen LogP) is 3.91. The molecule has 0 N–H and O–H groups in total. The number of carbonyl (C=O) groups excluding carboxylic acids is 2. The number of hydrogen-bond donors (Lipinski definition) is 0. The maximum atomic E-state index is 11.5. The van der Waals surface area contributed by atoms with Gasteiger partial charge in [0, 0.05) is 34.1 Å². The molecule has 128 valence electrons. The van der Waals surface area contributed by atoms with Crippen molar-refractivity contribution in [3.63, 3.8) is 0 Å². The van der Waals surface area contributed by atoms with E-state index in [0.29, 0.717) is 22.5 Å². The predicted molar refractivity (Wildman–Crippen MR) is 97.8 cm³/mol. The van der Waals surface area contributed by atoms with Crippen molar-refractivity contribution >= 4 is 45.9 Å². The summed E-state index contributed by atoms with van der Waals surface area (Å²) < 4.78 is 10.2. The molecule has 0 unspecified atom stereocenters. The quantitative estimate of drug-likeness (QED) is 0.773. The number of esters is 2. The zero-order valence-electron chi connectivity index (χ0n) is 14.1. The highest BCUT2D eigenvalue weighted by Crippen LogP contribution is 2.33. The van der Waals surface area contributed by atoms with E-state index in [0.717, 1.165) is 10.8 Å². The maximum absolute atomic E-state index is 11.5. The van der Waals surface area contributed by atoms with Crippen molar-refractivity contribution in [3.8, 4) is 0 Å². The Kier molecular flexibility index (Phi) is 3.73. The van der Waals surface area contributed by atoms with Crippen molar-refractivity contribution in [1.29, 1.82) is 0 Å². The summed E-state index contributed by atoms with van der Waals surface area (Å²) in [6.45, 7) is 3.36. The second-order valence-electron chi connectivity index (χ2n) is 5.98. The lowest BCUT2D eigenvalue weighted by atomic mass is 10.1. The number of cyclic esters (lactones) is 2. The van der Waals surface area contributed by atoms with Crippen molar-refractivity contribution in [3.05, 3.63) is 59.7 Å². The van der Waals surface area contributed by atoms with Crippen LogP contribution < -0.4 is 0 Å². The Labute approximate surface area is 149 Å². The van der Waals surface area contributed by atoms with Crippen LogP contribution in [0.5, 0.6) is 0 Å². The smallest absolute Gasteiger partial charge is 0.340 e. The first-order chi connectivity index (χ1) is 12.5. The van der Waals surface area contributed by atoms with Gasteiger partial charge in [0.25, 0.3) is 0 Å². The van der Waals surface area contributed by atoms with E-state index in [9.17, 15) is 9.59 Å². The van der Waals surface area contributed by atoms with Crippen LogP contribution in [0.25, 0.3) is 10.8 Å². The number of benzene rings is 2. The number of hydrogen-bond acceptors (Lipinski definition) is 6. The van der Waals surface area contributed by atoms with Crippen molar-refractivity contribution in [1.82, 2.24) is 0 Å². The Morgan fingerprint density at radius 1 is 0.692 bits per heavy atom. The van der Waals surface area contributed by atoms with Gasteiger partial charge in [-0.3, -0.25) is 0 Å². The molecule has 0 saturated carbocycles. The molecule has 0 atom stereocenters. The van der Waals surface area contributed by atoms with E-state index in [2.05, 4.69) is 9.98 Å². The van der Waals surface area contributed by atoms with Gasteiger partial charge < -0.3 is 9.47 Å². The minimum atomic E-state index is -0.388. The fourth-order valence-corrected chi connectivity index (χ4v) is 2.72. The molecule has 2 aliphatic rings. The van der Waals surface area contributed by atoms with Crippen LogP contribution in [0.1, 0.15) is 13.8 Å². The van der Waals surface area contributed by atoms with Crippen LogP contribution in [0.4, 0.5) is 11.4 Å². The number of ether oxygens (including phenoxy) is 2. The molecule has 0 radical (unpaired) electrons. The van der Waals surface area contributed by atoms with E-state index in [-0.39, 0.29) is 23.7 Å². The summed E-state index contributed by atoms with van der Waals surface area (Å²) in [6, 6.07) is 11.2. The third-order valence-corrected chi connectivity index (χ3v) is 4.06. The van der Waals surface area contributed by atoms with Crippen molar-refractivity contribution in [2.24, 2.45) is 9.98 Å². The first kappa shape index (κ1) is 16.0. The molecule has 0 fully saturated rings. The standard InChI is InChI=1S/C20H14N2O4/c1-11-9-17(25-19(11)23)21-15-7-3-6-14-13(15)5-4-8-16(14)22-18-10-12(2)20(24)26-18/h3-10H,1-2H3. The number of rotatable bonds is 2. The van der Waals surface area contributed by atoms with E-state index in [1.807, 2.05) is 36.4 Å². The first-order valence-corrected chi connectivity index (χ1v) is 8.01. The average molecular weight is 346 g/mol. The zero-order chi connectivity index (χ0) is 18.3. The molecule has 0 saturated heterocycles. The van der Waals surface area contributed by atoms with Gasteiger partial charge in [0.2, 0.25) is 11.8 Å². The lowest BCUT2D eigenvalue weighted by molar-refractivity contribution is -0.131. The summed E-state index contributed by atoms with van der Waals surface area (Å²) >= 11 is 0. The molecule has 0 bridgehead atoms. The molecular formula is C20H14N2O4. The minimum Gasteiger partial charge on any atom is -0.404 e. The highest BCUT2D eigenvalue weighted by Gasteiger charge is 2.20. The van der Waals surface area contributed by atoms with Gasteiger partial charge in [0.15, 0.2) is 0 Å². The Morgan fingerprint density at radius 2 is 1.12 bits per heavy atom. The Balaban J connectivity index is 1.80. The average Bonchev–Trinajstić information content (AvgIpc) is 3.09. The summed E-state index contributed by atoms with van der Waals surface area (Å²) in [5.74, 6) is -0.248. The van der Waals surface area contributed by atoms with Crippen molar-refractivity contribution < 1.29 is 19.1 Å². The first-order valence-electron chi connectivity index (χ1n) is 8.01. The van der Waals surface area contributed by atoms with E-state index in [4.69, 9.17) is 9.47 Å². The van der Waals surface area contributed by atoms with Crippen molar-refractivity contribution in [2.75, 3.05) is 0 Å². The maximum Gasteiger partial charge on any atom is 0.340 e. The molecule has 2 heterocycles. The van der Waals surface area contributed by atoms with Gasteiger partial charge >= 0.3 is 11.9 Å². The topological polar surface area (TPSA) is 77.3 Å². The highest BCUT2D eigenvalue weighted by molar-refractivity contribution is 6.14. The van der Waals surface area contributed by atoms with Gasteiger partial charge in [-0.2, -0.15) is 0 Å². The van der Waals surface area contributed by atoms with Gasteiger partial charge in [-0.05, 0) is 26.0 Å². The van der Waals surface area contributed by atoms with Gasteiger partial charge in [-0.1, -0.05) is 24.3 Å². The van der Waals surface area contributed by atoms with Crippen LogP contribution in [-0.2, 0) is 19.1 Å². The Morgan fingerprint density at radius 3 is 1.46 bits per heavy atom. The molecule has 0 aliphatic carbocycles. The van der Waals surface area contributed by atoms with E-state index in [1.165, 1.54) is 0 Å². The molecule has 2 aliphatic heterocycles. The van der Waals surface area contributed by atoms with Gasteiger partial charge in [-0.15, -0.1) is 0 Å². The van der Waals surface area contributed by atoms with E-state index < -0.39 is 0 Å². The number of nitrogens with zero attached hydrogens (tertiary/aromatic N) is 2. The molecule has 2 aromatic rings. The van der Waals surface area contributed by atoms with Crippen LogP contribution >= 0.6 is 0 Å². The summed E-state index contributed by atoms with van der Waals surface area (Å²) in [5.41, 5.74) is 2.35. The van der Waals surface area contributed by atoms with Crippen molar-refractivity contribution in [2.45, 2.75) is 13.8 Å². The second-order valence-corrected chi connectivity index (χ2v) is 5.98. The van der Waals surface area contributed by atoms with Gasteiger partial charge in [0.05, 0.1) is 11.4 Å². The SMILES string of the molecule is CC1=CC(=Nc2cccc3c(N=C4C=C(C)C(=O)O4)cccc23)OC1=O. The van der Waals surface area contributed by atoms with E-state index in [1.54, 1.807) is 26.0 Å². The Bertz CT molecular complexity index is 1000. The van der Waals surface area contributed by atoms with Crippen LogP contribution in [0.15, 0.2) is 69.7 Å². The van der Waals surface area contributed by atoms with Gasteiger partial charge in [0.1, 0.15) is 0 Å². The summed E-state index contributed by atoms with van der Waals surface area (Å²) in [7, 11) is 0. The summed E-state index contributed by atoms with van der Waals surface area (Å²) in [5, 5.41) is 1.70. The summed E-state index contributed by atoms with van der Waals surface area (Å²) in [6.07, 6.45) is 3.22. The third-order valence-electron chi connectivity index (χ3n) is 4.06. The fourth-order valence-electron chi connectivity index (χ4n) is 2.72. The normalized spacial score (nSPS) is 19.8. The molecule has 0 aromatic heterocycles. The number of fused-ring (bicyclic) bond motifs is 1. The molecule has 2 aromatic carbocycles. The zero-order valence-corrected chi connectivity index (χ0v) is 14.1. The van der Waals surface area contributed by atoms with Crippen LogP contribution in [0, 0.1) is 0 Å². The summed E-state index contributed by atoms with van der Waals surface area (Å²) in [4.78, 5) is 31.9. The number of carbonyl (C=O) groups is 2. The van der Waals surface area contributed by atoms with Crippen LogP contribution in [-0.4, -0.2) is 23.7 Å². The second kappa shape index (κ2) is 6.07. The van der Waals surface area contributed by atoms with E-state index >= 15 is 0 Å². The third kappa shape index (κ3) is 2.82. The van der Waals surface area contributed by atoms with Gasteiger partial charge in [-0.25, -0.2) is 19.6 Å². The lowest BCUT2D eigenvalue weighted by Gasteiger charge is -2.06. The highest BCUT2D eigenvalue weighted by atomic mass is 16.6. The lowest BCUT2D eigenvalue weighted by Crippen LogP contribution is -2.00. The molecule has 6 nitrogen and oxygen atoms in total. The molecule has 0 amide bonds. The monoisotopic (exact) mass is 346 g/mol. The van der Waals surface area contributed by atoms with Crippen LogP contribution in [0.3, 0.4) is 0 Å². The number of aliphatic imine (C=N–C) groups is 2. The largest absolute Gasteiger partial charge is 0.404 e. The molecule has 4 rings (SSSR count). The molecule has 6 heteroatoms.